The lowest BCUT2D eigenvalue weighted by molar-refractivity contribution is -0.146. The van der Waals surface area contributed by atoms with Crippen molar-refractivity contribution in [2.24, 2.45) is 5.92 Å². The number of hydrogen-bond donors (Lipinski definition) is 1. The van der Waals surface area contributed by atoms with Crippen LogP contribution in [-0.4, -0.2) is 29.5 Å². The molecule has 104 valence electrons. The van der Waals surface area contributed by atoms with Gasteiger partial charge in [-0.2, -0.15) is 0 Å². The van der Waals surface area contributed by atoms with Crippen LogP contribution >= 0.6 is 0 Å². The molecule has 0 radical (unpaired) electrons. The van der Waals surface area contributed by atoms with Crippen LogP contribution in [0.5, 0.6) is 0 Å². The summed E-state index contributed by atoms with van der Waals surface area (Å²) in [6, 6.07) is 4.42. The van der Waals surface area contributed by atoms with E-state index in [1.54, 1.807) is 25.1 Å². The molecular weight excluding hydrogens is 244 g/mol. The van der Waals surface area contributed by atoms with E-state index in [1.165, 1.54) is 6.20 Å². The molecule has 0 aliphatic carbocycles. The van der Waals surface area contributed by atoms with Crippen molar-refractivity contribution in [3.63, 3.8) is 0 Å². The predicted molar refractivity (Wildman–Crippen MR) is 71.6 cm³/mol. The minimum absolute atomic E-state index is 0.00622. The molecular formula is C14H20N2O3. The monoisotopic (exact) mass is 264 g/mol. The minimum atomic E-state index is -0.639. The van der Waals surface area contributed by atoms with Crippen molar-refractivity contribution in [2.45, 2.75) is 33.2 Å². The van der Waals surface area contributed by atoms with Crippen molar-refractivity contribution in [2.75, 3.05) is 6.61 Å². The SMILES string of the molecule is CCOC(=O)[C@@H](NC(=O)c1ccccn1)C(C)CC. The average Bonchev–Trinajstić information content (AvgIpc) is 2.44. The summed E-state index contributed by atoms with van der Waals surface area (Å²) in [5, 5.41) is 2.69. The fourth-order valence-corrected chi connectivity index (χ4v) is 1.61. The first kappa shape index (κ1) is 15.1. The summed E-state index contributed by atoms with van der Waals surface area (Å²) in [6.45, 7) is 5.90. The molecule has 0 aromatic carbocycles. The third-order valence-electron chi connectivity index (χ3n) is 2.94. The third kappa shape index (κ3) is 4.35. The predicted octanol–water partition coefficient (Wildman–Crippen LogP) is 1.79. The van der Waals surface area contributed by atoms with Crippen molar-refractivity contribution in [1.29, 1.82) is 0 Å². The van der Waals surface area contributed by atoms with E-state index in [4.69, 9.17) is 4.74 Å². The van der Waals surface area contributed by atoms with Gasteiger partial charge in [-0.15, -0.1) is 0 Å². The first-order valence-electron chi connectivity index (χ1n) is 6.48. The van der Waals surface area contributed by atoms with E-state index in [1.807, 2.05) is 13.8 Å². The van der Waals surface area contributed by atoms with Crippen LogP contribution < -0.4 is 5.32 Å². The van der Waals surface area contributed by atoms with Crippen molar-refractivity contribution in [3.05, 3.63) is 30.1 Å². The van der Waals surface area contributed by atoms with E-state index in [2.05, 4.69) is 10.3 Å². The Labute approximate surface area is 113 Å². The van der Waals surface area contributed by atoms with Crippen molar-refractivity contribution in [3.8, 4) is 0 Å². The van der Waals surface area contributed by atoms with E-state index in [0.29, 0.717) is 12.3 Å². The summed E-state index contributed by atoms with van der Waals surface area (Å²) in [4.78, 5) is 27.8. The van der Waals surface area contributed by atoms with Gasteiger partial charge in [0, 0.05) is 6.20 Å². The highest BCUT2D eigenvalue weighted by Crippen LogP contribution is 2.10. The van der Waals surface area contributed by atoms with Crippen LogP contribution in [0.4, 0.5) is 0 Å². The summed E-state index contributed by atoms with van der Waals surface area (Å²) in [6.07, 6.45) is 2.31. The lowest BCUT2D eigenvalue weighted by Gasteiger charge is -2.22. The zero-order valence-corrected chi connectivity index (χ0v) is 11.6. The summed E-state index contributed by atoms with van der Waals surface area (Å²) >= 11 is 0. The van der Waals surface area contributed by atoms with Crippen LogP contribution in [-0.2, 0) is 9.53 Å². The van der Waals surface area contributed by atoms with Gasteiger partial charge in [0.2, 0.25) is 0 Å². The second kappa shape index (κ2) is 7.51. The maximum absolute atomic E-state index is 12.0. The number of nitrogens with one attached hydrogen (secondary N) is 1. The van der Waals surface area contributed by atoms with Crippen LogP contribution in [0.3, 0.4) is 0 Å². The number of hydrogen-bond acceptors (Lipinski definition) is 4. The number of esters is 1. The lowest BCUT2D eigenvalue weighted by atomic mass is 9.99. The Kier molecular flexibility index (Phi) is 5.99. The molecule has 19 heavy (non-hydrogen) atoms. The van der Waals surface area contributed by atoms with Gasteiger partial charge in [0.25, 0.3) is 5.91 Å². The van der Waals surface area contributed by atoms with Gasteiger partial charge in [0.15, 0.2) is 0 Å². The summed E-state index contributed by atoms with van der Waals surface area (Å²) in [5.41, 5.74) is 0.292. The molecule has 0 aliphatic heterocycles. The molecule has 0 spiro atoms. The zero-order chi connectivity index (χ0) is 14.3. The van der Waals surface area contributed by atoms with Gasteiger partial charge in [0.1, 0.15) is 11.7 Å². The highest BCUT2D eigenvalue weighted by Gasteiger charge is 2.27. The van der Waals surface area contributed by atoms with Gasteiger partial charge in [-0.25, -0.2) is 4.79 Å². The van der Waals surface area contributed by atoms with Gasteiger partial charge in [-0.3, -0.25) is 9.78 Å². The molecule has 1 unspecified atom stereocenters. The minimum Gasteiger partial charge on any atom is -0.464 e. The van der Waals surface area contributed by atoms with Crippen molar-refractivity contribution < 1.29 is 14.3 Å². The highest BCUT2D eigenvalue weighted by atomic mass is 16.5. The molecule has 1 rings (SSSR count). The fraction of sp³-hybridized carbons (Fsp3) is 0.500. The molecule has 0 fully saturated rings. The molecule has 0 bridgehead atoms. The van der Waals surface area contributed by atoms with Gasteiger partial charge >= 0.3 is 5.97 Å². The molecule has 5 heteroatoms. The van der Waals surface area contributed by atoms with Gasteiger partial charge in [-0.1, -0.05) is 26.3 Å². The Bertz CT molecular complexity index is 420. The van der Waals surface area contributed by atoms with E-state index in [9.17, 15) is 9.59 Å². The Morgan fingerprint density at radius 1 is 1.37 bits per heavy atom. The standard InChI is InChI=1S/C14H20N2O3/c1-4-10(3)12(14(18)19-5-2)16-13(17)11-8-6-7-9-15-11/h6-10,12H,4-5H2,1-3H3,(H,16,17)/t10?,12-/m0/s1. The van der Waals surface area contributed by atoms with Crippen LogP contribution in [0.2, 0.25) is 0 Å². The Morgan fingerprint density at radius 3 is 2.63 bits per heavy atom. The van der Waals surface area contributed by atoms with Gasteiger partial charge < -0.3 is 10.1 Å². The maximum Gasteiger partial charge on any atom is 0.328 e. The molecule has 1 heterocycles. The third-order valence-corrected chi connectivity index (χ3v) is 2.94. The molecule has 1 aromatic rings. The summed E-state index contributed by atoms with van der Waals surface area (Å²) in [7, 11) is 0. The lowest BCUT2D eigenvalue weighted by Crippen LogP contribution is -2.46. The number of ether oxygens (including phenoxy) is 1. The number of nitrogens with zero attached hydrogens (tertiary/aromatic N) is 1. The quantitative estimate of drug-likeness (QED) is 0.795. The van der Waals surface area contributed by atoms with Gasteiger partial charge in [-0.05, 0) is 25.0 Å². The molecule has 1 N–H and O–H groups in total. The molecule has 0 aliphatic rings. The van der Waals surface area contributed by atoms with E-state index in [-0.39, 0.29) is 11.8 Å². The number of amides is 1. The first-order chi connectivity index (χ1) is 9.10. The van der Waals surface area contributed by atoms with Crippen molar-refractivity contribution >= 4 is 11.9 Å². The number of rotatable bonds is 6. The number of carbonyl (C=O) groups is 2. The molecule has 5 nitrogen and oxygen atoms in total. The van der Waals surface area contributed by atoms with Gasteiger partial charge in [0.05, 0.1) is 6.61 Å². The van der Waals surface area contributed by atoms with E-state index in [0.717, 1.165) is 6.42 Å². The van der Waals surface area contributed by atoms with Crippen LogP contribution in [0, 0.1) is 5.92 Å². The van der Waals surface area contributed by atoms with Crippen LogP contribution in [0.25, 0.3) is 0 Å². The summed E-state index contributed by atoms with van der Waals surface area (Å²) < 4.78 is 4.99. The first-order valence-corrected chi connectivity index (χ1v) is 6.48. The normalized spacial score (nSPS) is 13.4. The fourth-order valence-electron chi connectivity index (χ4n) is 1.61. The number of carbonyl (C=O) groups excluding carboxylic acids is 2. The van der Waals surface area contributed by atoms with E-state index < -0.39 is 12.0 Å². The second-order valence-corrected chi connectivity index (χ2v) is 4.30. The topological polar surface area (TPSA) is 68.3 Å². The average molecular weight is 264 g/mol. The smallest absolute Gasteiger partial charge is 0.328 e. The largest absolute Gasteiger partial charge is 0.464 e. The maximum atomic E-state index is 12.0. The number of aromatic nitrogens is 1. The molecule has 1 aromatic heterocycles. The Balaban J connectivity index is 2.77. The highest BCUT2D eigenvalue weighted by molar-refractivity contribution is 5.95. The molecule has 0 saturated heterocycles. The van der Waals surface area contributed by atoms with Crippen LogP contribution in [0.15, 0.2) is 24.4 Å². The molecule has 2 atom stereocenters. The number of pyridine rings is 1. The zero-order valence-electron chi connectivity index (χ0n) is 11.6. The van der Waals surface area contributed by atoms with Crippen LogP contribution in [0.1, 0.15) is 37.7 Å². The Morgan fingerprint density at radius 2 is 2.11 bits per heavy atom. The van der Waals surface area contributed by atoms with E-state index >= 15 is 0 Å². The molecule has 1 amide bonds. The Hall–Kier alpha value is -1.91. The van der Waals surface area contributed by atoms with Crippen molar-refractivity contribution in [1.82, 2.24) is 10.3 Å². The molecule has 0 saturated carbocycles. The summed E-state index contributed by atoms with van der Waals surface area (Å²) in [5.74, 6) is -0.758. The second-order valence-electron chi connectivity index (χ2n) is 4.30.